The quantitative estimate of drug-likeness (QED) is 0.467. The van der Waals surface area contributed by atoms with Crippen molar-refractivity contribution in [1.29, 1.82) is 0 Å². The lowest BCUT2D eigenvalue weighted by Crippen LogP contribution is -2.22. The standard InChI is InChI=1S/C23H25N9O/c1-15-10-25-23(30-29-15)28-19-5-4-18(9-19)27-21-7-6-20(12-24-21)32-14-16(3-8-22(32)33)17-11-26-31(2)13-17/h3,6-8,10-14,18-19H,4-5,9H2,1-2H3,(H,24,27)(H,25,28,30)/t18-,19-/m0/s1. The van der Waals surface area contributed by atoms with Gasteiger partial charge < -0.3 is 10.6 Å². The Hall–Kier alpha value is -4.08. The van der Waals surface area contributed by atoms with Gasteiger partial charge in [-0.25, -0.2) is 9.97 Å². The third-order valence-corrected chi connectivity index (χ3v) is 5.77. The molecule has 1 saturated carbocycles. The molecule has 0 radical (unpaired) electrons. The Balaban J connectivity index is 1.24. The Bertz CT molecular complexity index is 1290. The van der Waals surface area contributed by atoms with Gasteiger partial charge in [-0.05, 0) is 44.4 Å². The van der Waals surface area contributed by atoms with Gasteiger partial charge in [0.15, 0.2) is 0 Å². The molecule has 1 fully saturated rings. The molecule has 0 aromatic carbocycles. The van der Waals surface area contributed by atoms with E-state index in [1.54, 1.807) is 33.9 Å². The minimum atomic E-state index is -0.109. The molecule has 0 amide bonds. The molecule has 4 aromatic rings. The first-order valence-electron chi connectivity index (χ1n) is 10.9. The fraction of sp³-hybridized carbons (Fsp3) is 0.304. The van der Waals surface area contributed by atoms with Crippen molar-refractivity contribution in [2.45, 2.75) is 38.3 Å². The number of hydrogen-bond acceptors (Lipinski definition) is 8. The van der Waals surface area contributed by atoms with Gasteiger partial charge in [-0.2, -0.15) is 10.2 Å². The Morgan fingerprint density at radius 3 is 2.45 bits per heavy atom. The number of pyridine rings is 2. The maximum absolute atomic E-state index is 12.5. The van der Waals surface area contributed by atoms with Crippen molar-refractivity contribution >= 4 is 11.8 Å². The van der Waals surface area contributed by atoms with Crippen LogP contribution in [0.15, 0.2) is 60.0 Å². The minimum Gasteiger partial charge on any atom is -0.367 e. The second-order valence-corrected chi connectivity index (χ2v) is 8.35. The highest BCUT2D eigenvalue weighted by Crippen LogP contribution is 2.25. The van der Waals surface area contributed by atoms with Gasteiger partial charge in [-0.1, -0.05) is 0 Å². The summed E-state index contributed by atoms with van der Waals surface area (Å²) in [7, 11) is 1.87. The highest BCUT2D eigenvalue weighted by Gasteiger charge is 2.25. The molecule has 0 unspecified atom stereocenters. The van der Waals surface area contributed by atoms with Crippen molar-refractivity contribution in [3.8, 4) is 16.8 Å². The predicted molar refractivity (Wildman–Crippen MR) is 125 cm³/mol. The van der Waals surface area contributed by atoms with E-state index in [0.717, 1.165) is 41.9 Å². The van der Waals surface area contributed by atoms with Crippen molar-refractivity contribution in [3.63, 3.8) is 0 Å². The van der Waals surface area contributed by atoms with Crippen LogP contribution < -0.4 is 16.2 Å². The predicted octanol–water partition coefficient (Wildman–Crippen LogP) is 2.57. The largest absolute Gasteiger partial charge is 0.367 e. The summed E-state index contributed by atoms with van der Waals surface area (Å²) in [6, 6.07) is 7.78. The lowest BCUT2D eigenvalue weighted by molar-refractivity contribution is 0.712. The molecule has 1 aliphatic carbocycles. The summed E-state index contributed by atoms with van der Waals surface area (Å²) in [5, 5.41) is 19.2. The van der Waals surface area contributed by atoms with E-state index >= 15 is 0 Å². The van der Waals surface area contributed by atoms with Gasteiger partial charge in [-0.3, -0.25) is 14.0 Å². The van der Waals surface area contributed by atoms with Crippen LogP contribution in [0.1, 0.15) is 25.0 Å². The summed E-state index contributed by atoms with van der Waals surface area (Å²) in [6.07, 6.45) is 11.9. The van der Waals surface area contributed by atoms with Crippen LogP contribution in [0.4, 0.5) is 11.8 Å². The molecule has 4 aromatic heterocycles. The van der Waals surface area contributed by atoms with Crippen LogP contribution in [0, 0.1) is 6.92 Å². The molecule has 2 N–H and O–H groups in total. The number of aryl methyl sites for hydroxylation is 2. The van der Waals surface area contributed by atoms with Crippen molar-refractivity contribution in [2.75, 3.05) is 10.6 Å². The van der Waals surface area contributed by atoms with Crippen LogP contribution in [0.2, 0.25) is 0 Å². The van der Waals surface area contributed by atoms with Gasteiger partial charge in [0, 0.05) is 48.7 Å². The number of nitrogens with zero attached hydrogens (tertiary/aromatic N) is 7. The maximum Gasteiger partial charge on any atom is 0.255 e. The third-order valence-electron chi connectivity index (χ3n) is 5.77. The average molecular weight is 444 g/mol. The van der Waals surface area contributed by atoms with E-state index in [-0.39, 0.29) is 5.56 Å². The van der Waals surface area contributed by atoms with E-state index in [9.17, 15) is 4.79 Å². The summed E-state index contributed by atoms with van der Waals surface area (Å²) >= 11 is 0. The number of nitrogens with one attached hydrogen (secondary N) is 2. The van der Waals surface area contributed by atoms with E-state index in [0.29, 0.717) is 23.7 Å². The van der Waals surface area contributed by atoms with Crippen LogP contribution in [0.25, 0.3) is 16.8 Å². The molecular weight excluding hydrogens is 418 g/mol. The smallest absolute Gasteiger partial charge is 0.255 e. The molecule has 0 bridgehead atoms. The molecule has 1 aliphatic rings. The van der Waals surface area contributed by atoms with Crippen molar-refractivity contribution in [1.82, 2.24) is 34.5 Å². The lowest BCUT2D eigenvalue weighted by atomic mass is 10.1. The first kappa shape index (κ1) is 20.8. The van der Waals surface area contributed by atoms with Crippen LogP contribution in [-0.2, 0) is 7.05 Å². The molecule has 5 rings (SSSR count). The molecule has 0 aliphatic heterocycles. The molecule has 2 atom stereocenters. The summed E-state index contributed by atoms with van der Waals surface area (Å²) in [5.41, 5.74) is 3.27. The Morgan fingerprint density at radius 1 is 0.909 bits per heavy atom. The molecule has 0 saturated heterocycles. The van der Waals surface area contributed by atoms with E-state index in [1.807, 2.05) is 44.6 Å². The summed E-state index contributed by atoms with van der Waals surface area (Å²) in [6.45, 7) is 1.87. The van der Waals surface area contributed by atoms with Crippen LogP contribution in [0.5, 0.6) is 0 Å². The third kappa shape index (κ3) is 4.74. The number of anilines is 2. The fourth-order valence-electron chi connectivity index (χ4n) is 4.08. The number of aromatic nitrogens is 7. The van der Waals surface area contributed by atoms with Crippen LogP contribution in [0.3, 0.4) is 0 Å². The molecule has 10 nitrogen and oxygen atoms in total. The Kier molecular flexibility index (Phi) is 5.55. The summed E-state index contributed by atoms with van der Waals surface area (Å²) < 4.78 is 3.34. The van der Waals surface area contributed by atoms with E-state index in [1.165, 1.54) is 0 Å². The normalized spacial score (nSPS) is 17.8. The summed E-state index contributed by atoms with van der Waals surface area (Å²) in [5.74, 6) is 1.35. The highest BCUT2D eigenvalue weighted by atomic mass is 16.1. The SMILES string of the molecule is Cc1cnc(N[C@H]2CC[C@H](Nc3ccc(-n4cc(-c5cnn(C)c5)ccc4=O)cn3)C2)nn1. The van der Waals surface area contributed by atoms with Gasteiger partial charge in [0.05, 0.1) is 30.0 Å². The van der Waals surface area contributed by atoms with E-state index < -0.39 is 0 Å². The second kappa shape index (κ2) is 8.81. The fourth-order valence-corrected chi connectivity index (χ4v) is 4.08. The molecule has 10 heteroatoms. The number of hydrogen-bond donors (Lipinski definition) is 2. The van der Waals surface area contributed by atoms with Crippen molar-refractivity contribution in [3.05, 3.63) is 71.3 Å². The highest BCUT2D eigenvalue weighted by molar-refractivity contribution is 5.61. The zero-order chi connectivity index (χ0) is 22.8. The van der Waals surface area contributed by atoms with Crippen molar-refractivity contribution in [2.24, 2.45) is 7.05 Å². The summed E-state index contributed by atoms with van der Waals surface area (Å²) in [4.78, 5) is 21.3. The van der Waals surface area contributed by atoms with Crippen LogP contribution in [-0.4, -0.2) is 46.6 Å². The monoisotopic (exact) mass is 443 g/mol. The first-order valence-corrected chi connectivity index (χ1v) is 10.9. The molecule has 0 spiro atoms. The molecular formula is C23H25N9O. The van der Waals surface area contributed by atoms with Gasteiger partial charge in [0.2, 0.25) is 5.95 Å². The number of rotatable bonds is 6. The van der Waals surface area contributed by atoms with Gasteiger partial charge in [0.25, 0.3) is 5.56 Å². The second-order valence-electron chi connectivity index (χ2n) is 8.35. The van der Waals surface area contributed by atoms with Crippen molar-refractivity contribution < 1.29 is 0 Å². The zero-order valence-corrected chi connectivity index (χ0v) is 18.5. The zero-order valence-electron chi connectivity index (χ0n) is 18.5. The van der Waals surface area contributed by atoms with E-state index in [4.69, 9.17) is 0 Å². The minimum absolute atomic E-state index is 0.109. The van der Waals surface area contributed by atoms with Gasteiger partial charge in [0.1, 0.15) is 5.82 Å². The molecule has 168 valence electrons. The maximum atomic E-state index is 12.5. The molecule has 33 heavy (non-hydrogen) atoms. The Labute approximate surface area is 190 Å². The first-order chi connectivity index (χ1) is 16.0. The lowest BCUT2D eigenvalue weighted by Gasteiger charge is -2.15. The Morgan fingerprint density at radius 2 is 1.76 bits per heavy atom. The van der Waals surface area contributed by atoms with Crippen LogP contribution >= 0.6 is 0 Å². The molecule has 4 heterocycles. The average Bonchev–Trinajstić information content (AvgIpc) is 3.45. The topological polar surface area (TPSA) is 115 Å². The van der Waals surface area contributed by atoms with Gasteiger partial charge in [-0.15, -0.1) is 5.10 Å². The van der Waals surface area contributed by atoms with Gasteiger partial charge >= 0.3 is 0 Å². The van der Waals surface area contributed by atoms with E-state index in [2.05, 4.69) is 35.9 Å².